The monoisotopic (exact) mass is 374 g/mol. The Bertz CT molecular complexity index is 757. The quantitative estimate of drug-likeness (QED) is 0.618. The molecule has 0 radical (unpaired) electrons. The minimum atomic E-state index is -0.784. The van der Waals surface area contributed by atoms with Crippen LogP contribution in [0.2, 0.25) is 0 Å². The van der Waals surface area contributed by atoms with E-state index in [2.05, 4.69) is 45.1 Å². The molecule has 3 nitrogen and oxygen atoms in total. The van der Waals surface area contributed by atoms with Crippen LogP contribution in [0.5, 0.6) is 0 Å². The number of halogens is 2. The van der Waals surface area contributed by atoms with Gasteiger partial charge in [-0.15, -0.1) is 0 Å². The first kappa shape index (κ1) is 20.9. The van der Waals surface area contributed by atoms with Crippen molar-refractivity contribution in [3.63, 3.8) is 0 Å². The molecular weight excluding hydrogens is 346 g/mol. The lowest BCUT2D eigenvalue weighted by atomic mass is 10.0. The van der Waals surface area contributed by atoms with E-state index in [0.717, 1.165) is 24.1 Å². The van der Waals surface area contributed by atoms with Crippen molar-refractivity contribution in [3.05, 3.63) is 65.2 Å². The predicted octanol–water partition coefficient (Wildman–Crippen LogP) is 6.17. The van der Waals surface area contributed by atoms with Gasteiger partial charge in [0.15, 0.2) is 0 Å². The Morgan fingerprint density at radius 1 is 1.04 bits per heavy atom. The number of carbonyl (C=O) groups is 1. The molecule has 0 saturated carbocycles. The minimum absolute atomic E-state index is 0.0221. The Hall–Kier alpha value is -2.43. The highest BCUT2D eigenvalue weighted by Gasteiger charge is 2.17. The number of carbonyl (C=O) groups excluding carboxylic acids is 1. The fourth-order valence-corrected chi connectivity index (χ4v) is 2.68. The van der Waals surface area contributed by atoms with Crippen molar-refractivity contribution in [2.24, 2.45) is 5.92 Å². The van der Waals surface area contributed by atoms with Crippen LogP contribution in [0.25, 0.3) is 0 Å². The highest BCUT2D eigenvalue weighted by Crippen LogP contribution is 2.19. The van der Waals surface area contributed by atoms with Crippen molar-refractivity contribution in [3.8, 4) is 0 Å². The normalized spacial score (nSPS) is 11.1. The van der Waals surface area contributed by atoms with Crippen LogP contribution in [-0.2, 0) is 6.54 Å². The number of rotatable bonds is 7. The molecular formula is C22H28F2N2O. The van der Waals surface area contributed by atoms with E-state index in [1.54, 1.807) is 4.90 Å². The first-order chi connectivity index (χ1) is 12.8. The van der Waals surface area contributed by atoms with E-state index in [1.165, 1.54) is 11.6 Å². The first-order valence-electron chi connectivity index (χ1n) is 9.36. The second-order valence-corrected chi connectivity index (χ2v) is 7.55. The minimum Gasteiger partial charge on any atom is -0.320 e. The van der Waals surface area contributed by atoms with Gasteiger partial charge in [0.2, 0.25) is 0 Å². The van der Waals surface area contributed by atoms with E-state index < -0.39 is 17.7 Å². The molecule has 0 aromatic heterocycles. The van der Waals surface area contributed by atoms with E-state index in [-0.39, 0.29) is 5.69 Å². The summed E-state index contributed by atoms with van der Waals surface area (Å²) >= 11 is 0. The smallest absolute Gasteiger partial charge is 0.320 e. The number of hydrogen-bond donors (Lipinski definition) is 1. The van der Waals surface area contributed by atoms with Gasteiger partial charge in [0.05, 0.1) is 5.69 Å². The molecule has 0 aliphatic carbocycles. The number of hydrogen-bond acceptors (Lipinski definition) is 1. The fraction of sp³-hybridized carbons (Fsp3) is 0.409. The zero-order valence-corrected chi connectivity index (χ0v) is 16.4. The number of benzene rings is 2. The van der Waals surface area contributed by atoms with Crippen molar-refractivity contribution in [1.82, 2.24) is 4.90 Å². The van der Waals surface area contributed by atoms with E-state index in [0.29, 0.717) is 24.9 Å². The average molecular weight is 374 g/mol. The van der Waals surface area contributed by atoms with Gasteiger partial charge in [0.25, 0.3) is 0 Å². The van der Waals surface area contributed by atoms with Crippen LogP contribution < -0.4 is 5.32 Å². The Kier molecular flexibility index (Phi) is 7.34. The Morgan fingerprint density at radius 3 is 2.26 bits per heavy atom. The van der Waals surface area contributed by atoms with Crippen LogP contribution in [0.3, 0.4) is 0 Å². The number of urea groups is 1. The Morgan fingerprint density at radius 2 is 1.70 bits per heavy atom. The van der Waals surface area contributed by atoms with Gasteiger partial charge in [-0.1, -0.05) is 52.0 Å². The third-order valence-electron chi connectivity index (χ3n) is 4.46. The molecule has 0 fully saturated rings. The van der Waals surface area contributed by atoms with E-state index in [9.17, 15) is 13.6 Å². The summed E-state index contributed by atoms with van der Waals surface area (Å²) in [4.78, 5) is 14.4. The first-order valence-corrected chi connectivity index (χ1v) is 9.36. The van der Waals surface area contributed by atoms with Gasteiger partial charge < -0.3 is 10.2 Å². The zero-order valence-electron chi connectivity index (χ0n) is 16.4. The summed E-state index contributed by atoms with van der Waals surface area (Å²) in [5.41, 5.74) is 2.23. The molecule has 0 unspecified atom stereocenters. The van der Waals surface area contributed by atoms with E-state index in [4.69, 9.17) is 0 Å². The summed E-state index contributed by atoms with van der Waals surface area (Å²) < 4.78 is 26.9. The molecule has 2 rings (SSSR count). The molecule has 2 amide bonds. The molecule has 27 heavy (non-hydrogen) atoms. The summed E-state index contributed by atoms with van der Waals surface area (Å²) in [6.07, 6.45) is 0.837. The third kappa shape index (κ3) is 6.35. The van der Waals surface area contributed by atoms with Crippen LogP contribution in [0.1, 0.15) is 51.2 Å². The Balaban J connectivity index is 2.13. The predicted molar refractivity (Wildman–Crippen MR) is 106 cm³/mol. The molecule has 0 spiro atoms. The lowest BCUT2D eigenvalue weighted by Gasteiger charge is -2.24. The van der Waals surface area contributed by atoms with Gasteiger partial charge in [0, 0.05) is 19.2 Å². The van der Waals surface area contributed by atoms with Crippen molar-refractivity contribution < 1.29 is 13.6 Å². The van der Waals surface area contributed by atoms with Crippen LogP contribution >= 0.6 is 0 Å². The Labute approximate surface area is 160 Å². The molecule has 2 aromatic carbocycles. The van der Waals surface area contributed by atoms with Crippen LogP contribution in [0.4, 0.5) is 19.3 Å². The molecule has 5 heteroatoms. The molecule has 0 bridgehead atoms. The van der Waals surface area contributed by atoms with Crippen molar-refractivity contribution in [2.45, 2.75) is 46.6 Å². The maximum absolute atomic E-state index is 13.9. The molecule has 2 aromatic rings. The molecule has 1 N–H and O–H groups in total. The van der Waals surface area contributed by atoms with Crippen LogP contribution in [0.15, 0.2) is 42.5 Å². The third-order valence-corrected chi connectivity index (χ3v) is 4.46. The summed E-state index contributed by atoms with van der Waals surface area (Å²) in [6.45, 7) is 9.43. The molecule has 0 aliphatic heterocycles. The number of nitrogens with one attached hydrogen (secondary N) is 1. The lowest BCUT2D eigenvalue weighted by molar-refractivity contribution is 0.205. The SMILES string of the molecule is CC(C)CCN(Cc1ccc(C(C)C)cc1)C(=O)Nc1ccc(F)cc1F. The molecule has 0 heterocycles. The van der Waals surface area contributed by atoms with Crippen molar-refractivity contribution in [2.75, 3.05) is 11.9 Å². The summed E-state index contributed by atoms with van der Waals surface area (Å²) in [6, 6.07) is 10.9. The highest BCUT2D eigenvalue weighted by atomic mass is 19.1. The van der Waals surface area contributed by atoms with Gasteiger partial charge >= 0.3 is 6.03 Å². The summed E-state index contributed by atoms with van der Waals surface area (Å²) in [5.74, 6) is -0.576. The summed E-state index contributed by atoms with van der Waals surface area (Å²) in [5, 5.41) is 2.56. The molecule has 0 saturated heterocycles. The van der Waals surface area contributed by atoms with E-state index >= 15 is 0 Å². The highest BCUT2D eigenvalue weighted by molar-refractivity contribution is 5.89. The van der Waals surface area contributed by atoms with Gasteiger partial charge in [-0.3, -0.25) is 0 Å². The average Bonchev–Trinajstić information content (AvgIpc) is 2.61. The zero-order chi connectivity index (χ0) is 20.0. The van der Waals surface area contributed by atoms with Gasteiger partial charge in [-0.05, 0) is 41.5 Å². The second kappa shape index (κ2) is 9.49. The molecule has 0 aliphatic rings. The van der Waals surface area contributed by atoms with Gasteiger partial charge in [-0.25, -0.2) is 13.6 Å². The van der Waals surface area contributed by atoms with E-state index in [1.807, 2.05) is 12.1 Å². The maximum Gasteiger partial charge on any atom is 0.322 e. The lowest BCUT2D eigenvalue weighted by Crippen LogP contribution is -2.36. The number of nitrogens with zero attached hydrogens (tertiary/aromatic N) is 1. The number of anilines is 1. The van der Waals surface area contributed by atoms with Crippen LogP contribution in [-0.4, -0.2) is 17.5 Å². The van der Waals surface area contributed by atoms with Crippen molar-refractivity contribution in [1.29, 1.82) is 0 Å². The molecule has 0 atom stereocenters. The fourth-order valence-electron chi connectivity index (χ4n) is 2.68. The largest absolute Gasteiger partial charge is 0.322 e. The van der Waals surface area contributed by atoms with Crippen molar-refractivity contribution >= 4 is 11.7 Å². The van der Waals surface area contributed by atoms with Gasteiger partial charge in [-0.2, -0.15) is 0 Å². The number of amides is 2. The van der Waals surface area contributed by atoms with Gasteiger partial charge in [0.1, 0.15) is 11.6 Å². The van der Waals surface area contributed by atoms with Crippen LogP contribution in [0, 0.1) is 17.6 Å². The molecule has 146 valence electrons. The summed E-state index contributed by atoms with van der Waals surface area (Å²) in [7, 11) is 0. The topological polar surface area (TPSA) is 32.3 Å². The second-order valence-electron chi connectivity index (χ2n) is 7.55. The standard InChI is InChI=1S/C22H28F2N2O/c1-15(2)11-12-26(14-17-5-7-18(8-6-17)16(3)4)22(27)25-21-10-9-19(23)13-20(21)24/h5-10,13,15-16H,11-12,14H2,1-4H3,(H,25,27). The maximum atomic E-state index is 13.9.